The molecule has 0 saturated carbocycles. The van der Waals surface area contributed by atoms with Crippen LogP contribution < -0.4 is 15.8 Å². The van der Waals surface area contributed by atoms with Crippen LogP contribution in [-0.2, 0) is 10.0 Å². The average molecular weight is 305 g/mol. The minimum absolute atomic E-state index is 0.0594. The van der Waals surface area contributed by atoms with Gasteiger partial charge in [0.1, 0.15) is 0 Å². The molecule has 4 N–H and O–H groups in total. The van der Waals surface area contributed by atoms with Crippen molar-refractivity contribution >= 4 is 27.4 Å². The fourth-order valence-corrected chi connectivity index (χ4v) is 2.33. The summed E-state index contributed by atoms with van der Waals surface area (Å²) in [7, 11) is -3.80. The molecule has 0 aromatic heterocycles. The Morgan fingerprint density at radius 2 is 1.57 bits per heavy atom. The SMILES string of the molecule is Cc1cccc(NC(=O)Nc2cccc(S(N)(=O)=O)c2)c1. The van der Waals surface area contributed by atoms with Crippen LogP contribution in [0.2, 0.25) is 0 Å². The van der Waals surface area contributed by atoms with Gasteiger partial charge in [-0.2, -0.15) is 0 Å². The lowest BCUT2D eigenvalue weighted by molar-refractivity contribution is 0.262. The first-order valence-corrected chi connectivity index (χ1v) is 7.67. The molecule has 2 aromatic carbocycles. The van der Waals surface area contributed by atoms with Crippen molar-refractivity contribution in [2.24, 2.45) is 5.14 Å². The van der Waals surface area contributed by atoms with E-state index >= 15 is 0 Å². The van der Waals surface area contributed by atoms with Crippen LogP contribution in [0.1, 0.15) is 5.56 Å². The molecule has 0 unspecified atom stereocenters. The maximum atomic E-state index is 11.9. The Balaban J connectivity index is 2.10. The smallest absolute Gasteiger partial charge is 0.308 e. The summed E-state index contributed by atoms with van der Waals surface area (Å²) < 4.78 is 22.5. The molecular weight excluding hydrogens is 290 g/mol. The minimum atomic E-state index is -3.80. The Bertz CT molecular complexity index is 773. The van der Waals surface area contributed by atoms with Gasteiger partial charge in [0.15, 0.2) is 0 Å². The number of anilines is 2. The van der Waals surface area contributed by atoms with Gasteiger partial charge in [-0.3, -0.25) is 0 Å². The predicted molar refractivity (Wildman–Crippen MR) is 81.6 cm³/mol. The van der Waals surface area contributed by atoms with Crippen LogP contribution in [-0.4, -0.2) is 14.4 Å². The van der Waals surface area contributed by atoms with Crippen LogP contribution in [0.4, 0.5) is 16.2 Å². The fourth-order valence-electron chi connectivity index (χ4n) is 1.77. The van der Waals surface area contributed by atoms with E-state index in [2.05, 4.69) is 10.6 Å². The number of benzene rings is 2. The molecule has 0 fully saturated rings. The molecule has 0 aliphatic rings. The summed E-state index contributed by atoms with van der Waals surface area (Å²) in [4.78, 5) is 11.8. The van der Waals surface area contributed by atoms with E-state index in [0.29, 0.717) is 11.4 Å². The number of carbonyl (C=O) groups excluding carboxylic acids is 1. The Labute approximate surface area is 123 Å². The predicted octanol–water partition coefficient (Wildman–Crippen LogP) is 2.29. The number of amides is 2. The van der Waals surface area contributed by atoms with E-state index in [1.807, 2.05) is 25.1 Å². The molecule has 0 aliphatic carbocycles. The highest BCUT2D eigenvalue weighted by Gasteiger charge is 2.09. The number of hydrogen-bond donors (Lipinski definition) is 3. The van der Waals surface area contributed by atoms with E-state index in [4.69, 9.17) is 5.14 Å². The average Bonchev–Trinajstić information content (AvgIpc) is 2.37. The van der Waals surface area contributed by atoms with Gasteiger partial charge >= 0.3 is 6.03 Å². The lowest BCUT2D eigenvalue weighted by atomic mass is 10.2. The number of hydrogen-bond acceptors (Lipinski definition) is 3. The van der Waals surface area contributed by atoms with Gasteiger partial charge in [0.05, 0.1) is 4.90 Å². The van der Waals surface area contributed by atoms with E-state index in [9.17, 15) is 13.2 Å². The zero-order valence-electron chi connectivity index (χ0n) is 11.3. The summed E-state index contributed by atoms with van der Waals surface area (Å²) in [5.74, 6) is 0. The zero-order chi connectivity index (χ0) is 15.5. The highest BCUT2D eigenvalue weighted by molar-refractivity contribution is 7.89. The molecule has 0 aliphatic heterocycles. The van der Waals surface area contributed by atoms with Crippen LogP contribution in [0.25, 0.3) is 0 Å². The lowest BCUT2D eigenvalue weighted by Crippen LogP contribution is -2.20. The molecular formula is C14H15N3O3S. The number of aryl methyl sites for hydroxylation is 1. The summed E-state index contributed by atoms with van der Waals surface area (Å²) >= 11 is 0. The molecule has 0 bridgehead atoms. The van der Waals surface area contributed by atoms with Crippen LogP contribution in [0.5, 0.6) is 0 Å². The van der Waals surface area contributed by atoms with E-state index in [-0.39, 0.29) is 4.90 Å². The van der Waals surface area contributed by atoms with Gasteiger partial charge in [-0.05, 0) is 42.8 Å². The first-order chi connectivity index (χ1) is 9.84. The van der Waals surface area contributed by atoms with Crippen molar-refractivity contribution in [3.05, 3.63) is 54.1 Å². The van der Waals surface area contributed by atoms with E-state index < -0.39 is 16.1 Å². The number of rotatable bonds is 3. The van der Waals surface area contributed by atoms with Crippen molar-refractivity contribution in [1.29, 1.82) is 0 Å². The molecule has 0 heterocycles. The highest BCUT2D eigenvalue weighted by atomic mass is 32.2. The molecule has 110 valence electrons. The van der Waals surface area contributed by atoms with Crippen molar-refractivity contribution in [2.45, 2.75) is 11.8 Å². The normalized spacial score (nSPS) is 11.0. The Morgan fingerprint density at radius 3 is 2.14 bits per heavy atom. The number of primary sulfonamides is 1. The van der Waals surface area contributed by atoms with Gasteiger partial charge in [0, 0.05) is 11.4 Å². The molecule has 0 saturated heterocycles. The van der Waals surface area contributed by atoms with Crippen LogP contribution in [0.3, 0.4) is 0 Å². The number of carbonyl (C=O) groups is 1. The molecule has 21 heavy (non-hydrogen) atoms. The van der Waals surface area contributed by atoms with Crippen molar-refractivity contribution in [3.8, 4) is 0 Å². The summed E-state index contributed by atoms with van der Waals surface area (Å²) in [6, 6.07) is 12.6. The van der Waals surface area contributed by atoms with Gasteiger partial charge in [0.25, 0.3) is 0 Å². The van der Waals surface area contributed by atoms with E-state index in [1.165, 1.54) is 18.2 Å². The van der Waals surface area contributed by atoms with E-state index in [0.717, 1.165) is 5.56 Å². The van der Waals surface area contributed by atoms with Crippen molar-refractivity contribution < 1.29 is 13.2 Å². The standard InChI is InChI=1S/C14H15N3O3S/c1-10-4-2-5-11(8-10)16-14(18)17-12-6-3-7-13(9-12)21(15,19)20/h2-9H,1H3,(H2,15,19,20)(H2,16,17,18). The second kappa shape index (κ2) is 5.94. The molecule has 2 amide bonds. The Morgan fingerprint density at radius 1 is 1.00 bits per heavy atom. The first kappa shape index (κ1) is 15.0. The van der Waals surface area contributed by atoms with Crippen molar-refractivity contribution in [1.82, 2.24) is 0 Å². The third-order valence-electron chi connectivity index (χ3n) is 2.70. The maximum Gasteiger partial charge on any atom is 0.323 e. The number of nitrogens with two attached hydrogens (primary N) is 1. The molecule has 7 heteroatoms. The van der Waals surface area contributed by atoms with E-state index in [1.54, 1.807) is 12.1 Å². The molecule has 2 aromatic rings. The third-order valence-corrected chi connectivity index (χ3v) is 3.61. The number of nitrogens with one attached hydrogen (secondary N) is 2. The van der Waals surface area contributed by atoms with Gasteiger partial charge in [-0.25, -0.2) is 18.4 Å². The summed E-state index contributed by atoms with van der Waals surface area (Å²) in [6.07, 6.45) is 0. The second-order valence-electron chi connectivity index (χ2n) is 4.52. The summed E-state index contributed by atoms with van der Waals surface area (Å²) in [5, 5.41) is 10.3. The van der Waals surface area contributed by atoms with Crippen molar-refractivity contribution in [3.63, 3.8) is 0 Å². The molecule has 0 atom stereocenters. The maximum absolute atomic E-state index is 11.9. The quantitative estimate of drug-likeness (QED) is 0.810. The first-order valence-electron chi connectivity index (χ1n) is 6.12. The largest absolute Gasteiger partial charge is 0.323 e. The molecule has 0 radical (unpaired) electrons. The second-order valence-corrected chi connectivity index (χ2v) is 6.08. The van der Waals surface area contributed by atoms with Gasteiger partial charge in [0.2, 0.25) is 10.0 Å². The Kier molecular flexibility index (Phi) is 4.25. The number of sulfonamides is 1. The summed E-state index contributed by atoms with van der Waals surface area (Å²) in [5.41, 5.74) is 2.01. The van der Waals surface area contributed by atoms with Crippen LogP contribution in [0, 0.1) is 6.92 Å². The summed E-state index contributed by atoms with van der Waals surface area (Å²) in [6.45, 7) is 1.92. The lowest BCUT2D eigenvalue weighted by Gasteiger charge is -2.09. The molecule has 6 nitrogen and oxygen atoms in total. The zero-order valence-corrected chi connectivity index (χ0v) is 12.1. The van der Waals surface area contributed by atoms with Crippen molar-refractivity contribution in [2.75, 3.05) is 10.6 Å². The van der Waals surface area contributed by atoms with Gasteiger partial charge < -0.3 is 10.6 Å². The monoisotopic (exact) mass is 305 g/mol. The molecule has 0 spiro atoms. The van der Waals surface area contributed by atoms with Crippen LogP contribution in [0.15, 0.2) is 53.4 Å². The Hall–Kier alpha value is -2.38. The minimum Gasteiger partial charge on any atom is -0.308 e. The van der Waals surface area contributed by atoms with Gasteiger partial charge in [-0.15, -0.1) is 0 Å². The molecule has 2 rings (SSSR count). The van der Waals surface area contributed by atoms with Crippen LogP contribution >= 0.6 is 0 Å². The topological polar surface area (TPSA) is 101 Å². The highest BCUT2D eigenvalue weighted by Crippen LogP contribution is 2.15. The fraction of sp³-hybridized carbons (Fsp3) is 0.0714. The van der Waals surface area contributed by atoms with Gasteiger partial charge in [-0.1, -0.05) is 18.2 Å². The number of urea groups is 1. The third kappa shape index (κ3) is 4.30.